The van der Waals surface area contributed by atoms with Gasteiger partial charge in [0, 0.05) is 13.1 Å². The number of halogens is 3. The second kappa shape index (κ2) is 6.37. The fourth-order valence-electron chi connectivity index (χ4n) is 2.55. The minimum absolute atomic E-state index is 0.0615. The maximum atomic E-state index is 12.8. The molecule has 1 aliphatic heterocycles. The monoisotopic (exact) mass is 301 g/mol. The first-order chi connectivity index (χ1) is 9.86. The van der Waals surface area contributed by atoms with Crippen molar-refractivity contribution in [1.29, 1.82) is 0 Å². The average Bonchev–Trinajstić information content (AvgIpc) is 2.44. The Bertz CT molecular complexity index is 476. The van der Waals surface area contributed by atoms with E-state index in [1.54, 1.807) is 19.1 Å². The summed E-state index contributed by atoms with van der Waals surface area (Å²) in [4.78, 5) is 13.1. The van der Waals surface area contributed by atoms with Gasteiger partial charge in [0.2, 0.25) is 0 Å². The molecule has 2 atom stereocenters. The van der Waals surface area contributed by atoms with Crippen molar-refractivity contribution in [1.82, 2.24) is 4.90 Å². The maximum absolute atomic E-state index is 12.8. The zero-order valence-corrected chi connectivity index (χ0v) is 11.8. The predicted molar refractivity (Wildman–Crippen MR) is 71.5 cm³/mol. The van der Waals surface area contributed by atoms with Crippen LogP contribution in [0.5, 0.6) is 0 Å². The van der Waals surface area contributed by atoms with E-state index < -0.39 is 18.2 Å². The third kappa shape index (κ3) is 4.37. The van der Waals surface area contributed by atoms with E-state index >= 15 is 0 Å². The van der Waals surface area contributed by atoms with Gasteiger partial charge >= 0.3 is 12.3 Å². The summed E-state index contributed by atoms with van der Waals surface area (Å²) in [6.07, 6.45) is -4.89. The van der Waals surface area contributed by atoms with Gasteiger partial charge in [-0.25, -0.2) is 4.79 Å². The van der Waals surface area contributed by atoms with Crippen molar-refractivity contribution in [2.75, 3.05) is 13.1 Å². The molecule has 0 N–H and O–H groups in total. The van der Waals surface area contributed by atoms with Crippen molar-refractivity contribution in [2.45, 2.75) is 26.1 Å². The van der Waals surface area contributed by atoms with Crippen LogP contribution in [0.4, 0.5) is 18.0 Å². The summed E-state index contributed by atoms with van der Waals surface area (Å²) in [5.74, 6) is -1.65. The number of benzene rings is 1. The highest BCUT2D eigenvalue weighted by atomic mass is 19.4. The van der Waals surface area contributed by atoms with E-state index in [1.165, 1.54) is 0 Å². The van der Waals surface area contributed by atoms with E-state index in [2.05, 4.69) is 0 Å². The molecular formula is C15H18F3NO2. The molecule has 0 unspecified atom stereocenters. The summed E-state index contributed by atoms with van der Waals surface area (Å²) in [6, 6.07) is 9.05. The molecule has 0 spiro atoms. The van der Waals surface area contributed by atoms with Gasteiger partial charge in [-0.1, -0.05) is 37.3 Å². The van der Waals surface area contributed by atoms with Crippen molar-refractivity contribution < 1.29 is 22.7 Å². The molecule has 0 radical (unpaired) electrons. The number of nitrogens with zero attached hydrogens (tertiary/aromatic N) is 1. The molecule has 1 amide bonds. The Labute approximate surface area is 121 Å². The van der Waals surface area contributed by atoms with Crippen LogP contribution in [0.15, 0.2) is 30.3 Å². The molecule has 1 aromatic rings. The Kier molecular flexibility index (Phi) is 4.75. The van der Waals surface area contributed by atoms with Crippen LogP contribution < -0.4 is 0 Å². The quantitative estimate of drug-likeness (QED) is 0.830. The summed E-state index contributed by atoms with van der Waals surface area (Å²) in [5, 5.41) is 0. The number of likely N-dealkylation sites (tertiary alicyclic amines) is 1. The standard InChI is InChI=1S/C15H18F3NO2/c1-11-7-13(15(16,17)18)9-19(8-11)14(20)21-10-12-5-3-2-4-6-12/h2-6,11,13H,7-10H2,1H3/t11-,13+/m0/s1. The number of rotatable bonds is 2. The topological polar surface area (TPSA) is 29.5 Å². The third-order valence-electron chi connectivity index (χ3n) is 3.59. The molecule has 0 aliphatic carbocycles. The molecule has 0 saturated carbocycles. The van der Waals surface area contributed by atoms with Gasteiger partial charge in [0.1, 0.15) is 6.61 Å². The largest absolute Gasteiger partial charge is 0.445 e. The Morgan fingerprint density at radius 3 is 2.57 bits per heavy atom. The molecule has 21 heavy (non-hydrogen) atoms. The van der Waals surface area contributed by atoms with Gasteiger partial charge in [-0.15, -0.1) is 0 Å². The van der Waals surface area contributed by atoms with Crippen LogP contribution in [0.3, 0.4) is 0 Å². The summed E-state index contributed by atoms with van der Waals surface area (Å²) in [7, 11) is 0. The molecule has 3 nitrogen and oxygen atoms in total. The molecule has 6 heteroatoms. The molecule has 116 valence electrons. The van der Waals surface area contributed by atoms with Crippen LogP contribution in [0.2, 0.25) is 0 Å². The Balaban J connectivity index is 1.92. The van der Waals surface area contributed by atoms with Gasteiger partial charge in [0.15, 0.2) is 0 Å². The predicted octanol–water partition coefficient (Wildman–Crippen LogP) is 3.84. The number of amides is 1. The number of alkyl halides is 3. The summed E-state index contributed by atoms with van der Waals surface area (Å²) in [6.45, 7) is 1.78. The van der Waals surface area contributed by atoms with Crippen LogP contribution >= 0.6 is 0 Å². The van der Waals surface area contributed by atoms with E-state index in [-0.39, 0.29) is 25.5 Å². The second-order valence-corrected chi connectivity index (χ2v) is 5.52. The fraction of sp³-hybridized carbons (Fsp3) is 0.533. The molecular weight excluding hydrogens is 283 g/mol. The molecule has 1 fully saturated rings. The van der Waals surface area contributed by atoms with Gasteiger partial charge in [-0.05, 0) is 17.9 Å². The number of hydrogen-bond acceptors (Lipinski definition) is 2. The summed E-state index contributed by atoms with van der Waals surface area (Å²) >= 11 is 0. The van der Waals surface area contributed by atoms with Crippen molar-refractivity contribution in [3.8, 4) is 0 Å². The van der Waals surface area contributed by atoms with Crippen molar-refractivity contribution >= 4 is 6.09 Å². The highest BCUT2D eigenvalue weighted by Crippen LogP contribution is 2.35. The van der Waals surface area contributed by atoms with Crippen LogP contribution in [0.1, 0.15) is 18.9 Å². The third-order valence-corrected chi connectivity index (χ3v) is 3.59. The minimum atomic E-state index is -4.27. The lowest BCUT2D eigenvalue weighted by molar-refractivity contribution is -0.189. The van der Waals surface area contributed by atoms with Crippen LogP contribution in [0.25, 0.3) is 0 Å². The van der Waals surface area contributed by atoms with E-state index in [1.807, 2.05) is 18.2 Å². The molecule has 0 bridgehead atoms. The summed E-state index contributed by atoms with van der Waals surface area (Å²) < 4.78 is 43.6. The van der Waals surface area contributed by atoms with Crippen LogP contribution in [-0.2, 0) is 11.3 Å². The smallest absolute Gasteiger partial charge is 0.410 e. The van der Waals surface area contributed by atoms with Crippen LogP contribution in [0, 0.1) is 11.8 Å². The van der Waals surface area contributed by atoms with E-state index in [0.717, 1.165) is 10.5 Å². The van der Waals surface area contributed by atoms with Gasteiger partial charge in [-0.3, -0.25) is 0 Å². The first kappa shape index (κ1) is 15.7. The lowest BCUT2D eigenvalue weighted by Gasteiger charge is -2.36. The van der Waals surface area contributed by atoms with Gasteiger partial charge < -0.3 is 9.64 Å². The Morgan fingerprint density at radius 1 is 1.29 bits per heavy atom. The minimum Gasteiger partial charge on any atom is -0.445 e. The second-order valence-electron chi connectivity index (χ2n) is 5.52. The fourth-order valence-corrected chi connectivity index (χ4v) is 2.55. The number of piperidine rings is 1. The molecule has 1 heterocycles. The average molecular weight is 301 g/mol. The number of ether oxygens (including phenoxy) is 1. The van der Waals surface area contributed by atoms with Crippen molar-refractivity contribution in [3.05, 3.63) is 35.9 Å². The zero-order chi connectivity index (χ0) is 15.5. The number of carbonyl (C=O) groups excluding carboxylic acids is 1. The maximum Gasteiger partial charge on any atom is 0.410 e. The van der Waals surface area contributed by atoms with E-state index in [4.69, 9.17) is 4.74 Å². The SMILES string of the molecule is C[C@H]1C[C@@H](C(F)(F)F)CN(C(=O)OCc2ccccc2)C1. The Hall–Kier alpha value is -1.72. The lowest BCUT2D eigenvalue weighted by Crippen LogP contribution is -2.47. The highest BCUT2D eigenvalue weighted by molar-refractivity contribution is 5.67. The first-order valence-corrected chi connectivity index (χ1v) is 6.88. The first-order valence-electron chi connectivity index (χ1n) is 6.88. The van der Waals surface area contributed by atoms with E-state index in [0.29, 0.717) is 6.54 Å². The van der Waals surface area contributed by atoms with Crippen molar-refractivity contribution in [2.24, 2.45) is 11.8 Å². The summed E-state index contributed by atoms with van der Waals surface area (Å²) in [5.41, 5.74) is 0.809. The lowest BCUT2D eigenvalue weighted by atomic mass is 9.90. The van der Waals surface area contributed by atoms with Crippen LogP contribution in [-0.4, -0.2) is 30.3 Å². The molecule has 0 aromatic heterocycles. The number of hydrogen-bond donors (Lipinski definition) is 0. The molecule has 2 rings (SSSR count). The normalized spacial score (nSPS) is 23.0. The zero-order valence-electron chi connectivity index (χ0n) is 11.8. The van der Waals surface area contributed by atoms with E-state index in [9.17, 15) is 18.0 Å². The van der Waals surface area contributed by atoms with Gasteiger partial charge in [0.25, 0.3) is 0 Å². The Morgan fingerprint density at radius 2 is 1.95 bits per heavy atom. The highest BCUT2D eigenvalue weighted by Gasteiger charge is 2.44. The van der Waals surface area contributed by atoms with Gasteiger partial charge in [-0.2, -0.15) is 13.2 Å². The number of carbonyl (C=O) groups is 1. The molecule has 1 saturated heterocycles. The van der Waals surface area contributed by atoms with Gasteiger partial charge in [0.05, 0.1) is 5.92 Å². The molecule has 1 aromatic carbocycles. The molecule has 1 aliphatic rings. The van der Waals surface area contributed by atoms with Crippen molar-refractivity contribution in [3.63, 3.8) is 0 Å².